The van der Waals surface area contributed by atoms with E-state index in [1.807, 2.05) is 18.5 Å². The fourth-order valence-electron chi connectivity index (χ4n) is 2.73. The first kappa shape index (κ1) is 14.5. The maximum atomic E-state index is 4.80. The van der Waals surface area contributed by atoms with E-state index in [4.69, 9.17) is 4.98 Å². The van der Waals surface area contributed by atoms with Crippen LogP contribution in [0.4, 0.5) is 0 Å². The molecular weight excluding hydrogens is 304 g/mol. The van der Waals surface area contributed by atoms with E-state index in [-0.39, 0.29) is 0 Å². The molecule has 2 aromatic heterocycles. The van der Waals surface area contributed by atoms with Gasteiger partial charge in [-0.25, -0.2) is 15.0 Å². The van der Waals surface area contributed by atoms with Crippen molar-refractivity contribution >= 4 is 11.8 Å². The van der Waals surface area contributed by atoms with Gasteiger partial charge in [0.1, 0.15) is 5.82 Å². The van der Waals surface area contributed by atoms with Gasteiger partial charge in [0.05, 0.1) is 10.7 Å². The second-order valence-corrected chi connectivity index (χ2v) is 6.70. The number of imidazole rings is 1. The number of rotatable bonds is 4. The molecule has 3 aromatic rings. The van der Waals surface area contributed by atoms with Crippen molar-refractivity contribution in [2.24, 2.45) is 7.05 Å². The Morgan fingerprint density at radius 3 is 2.48 bits per heavy atom. The van der Waals surface area contributed by atoms with Crippen molar-refractivity contribution in [2.45, 2.75) is 23.8 Å². The molecule has 23 heavy (non-hydrogen) atoms. The van der Waals surface area contributed by atoms with Crippen LogP contribution in [-0.4, -0.2) is 25.8 Å². The first-order chi connectivity index (χ1) is 11.2. The second kappa shape index (κ2) is 5.81. The average Bonchev–Trinajstić information content (AvgIpc) is 3.37. The molecule has 0 aliphatic heterocycles. The zero-order chi connectivity index (χ0) is 15.8. The van der Waals surface area contributed by atoms with Crippen molar-refractivity contribution in [3.05, 3.63) is 48.5 Å². The lowest BCUT2D eigenvalue weighted by atomic mass is 10.1. The van der Waals surface area contributed by atoms with Crippen molar-refractivity contribution in [3.8, 4) is 22.6 Å². The summed E-state index contributed by atoms with van der Waals surface area (Å²) < 4.78 is 2.16. The van der Waals surface area contributed by atoms with Gasteiger partial charge in [-0.15, -0.1) is 11.8 Å². The highest BCUT2D eigenvalue weighted by atomic mass is 32.2. The van der Waals surface area contributed by atoms with Gasteiger partial charge in [-0.1, -0.05) is 24.3 Å². The van der Waals surface area contributed by atoms with Crippen LogP contribution in [-0.2, 0) is 7.05 Å². The predicted molar refractivity (Wildman–Crippen MR) is 93.4 cm³/mol. The van der Waals surface area contributed by atoms with Gasteiger partial charge < -0.3 is 4.57 Å². The maximum absolute atomic E-state index is 4.80. The summed E-state index contributed by atoms with van der Waals surface area (Å²) in [6.07, 6.45) is 8.49. The molecule has 0 saturated heterocycles. The molecule has 0 N–H and O–H groups in total. The molecule has 0 bridgehead atoms. The molecule has 1 aromatic carbocycles. The predicted octanol–water partition coefficient (Wildman–Crippen LogP) is 4.14. The summed E-state index contributed by atoms with van der Waals surface area (Å²) in [4.78, 5) is 13.7. The maximum Gasteiger partial charge on any atom is 0.160 e. The number of aromatic nitrogens is 4. The van der Waals surface area contributed by atoms with E-state index in [1.165, 1.54) is 18.7 Å². The number of benzene rings is 1. The highest BCUT2D eigenvalue weighted by molar-refractivity contribution is 7.98. The Morgan fingerprint density at radius 1 is 1.04 bits per heavy atom. The average molecular weight is 322 g/mol. The van der Waals surface area contributed by atoms with E-state index < -0.39 is 0 Å². The summed E-state index contributed by atoms with van der Waals surface area (Å²) in [5, 5.41) is 0.984. The Kier molecular flexibility index (Phi) is 3.65. The van der Waals surface area contributed by atoms with Crippen LogP contribution in [0.1, 0.15) is 24.6 Å². The molecule has 1 saturated carbocycles. The molecular formula is C18H18N4S. The minimum absolute atomic E-state index is 0.663. The normalized spacial score (nSPS) is 14.2. The topological polar surface area (TPSA) is 43.6 Å². The summed E-state index contributed by atoms with van der Waals surface area (Å²) in [7, 11) is 2.08. The third-order valence-corrected chi connectivity index (χ3v) is 4.78. The molecule has 4 nitrogen and oxygen atoms in total. The number of aryl methyl sites for hydroxylation is 1. The Labute approximate surface area is 140 Å². The van der Waals surface area contributed by atoms with E-state index >= 15 is 0 Å². The molecule has 0 atom stereocenters. The monoisotopic (exact) mass is 322 g/mol. The standard InChI is InChI=1S/C18H18N4S/c1-22-11-15(20-18(22)14-7-8-14)12-3-5-13(6-4-12)17-19-10-9-16(21-17)23-2/h3-6,9-11,14H,7-8H2,1-2H3. The number of hydrogen-bond donors (Lipinski definition) is 0. The van der Waals surface area contributed by atoms with Gasteiger partial charge in [-0.3, -0.25) is 0 Å². The highest BCUT2D eigenvalue weighted by Crippen LogP contribution is 2.40. The van der Waals surface area contributed by atoms with Gasteiger partial charge in [0.2, 0.25) is 0 Å². The molecule has 1 fully saturated rings. The molecule has 116 valence electrons. The lowest BCUT2D eigenvalue weighted by molar-refractivity contribution is 0.799. The molecule has 0 radical (unpaired) electrons. The molecule has 4 rings (SSSR count). The molecule has 0 amide bonds. The van der Waals surface area contributed by atoms with Crippen LogP contribution in [0.5, 0.6) is 0 Å². The van der Waals surface area contributed by atoms with Crippen LogP contribution in [0.2, 0.25) is 0 Å². The molecule has 0 spiro atoms. The van der Waals surface area contributed by atoms with Gasteiger partial charge in [0.15, 0.2) is 5.82 Å². The number of hydrogen-bond acceptors (Lipinski definition) is 4. The van der Waals surface area contributed by atoms with Gasteiger partial charge in [0.25, 0.3) is 0 Å². The van der Waals surface area contributed by atoms with E-state index in [9.17, 15) is 0 Å². The van der Waals surface area contributed by atoms with Crippen LogP contribution in [0.15, 0.2) is 47.8 Å². The highest BCUT2D eigenvalue weighted by Gasteiger charge is 2.28. The minimum Gasteiger partial charge on any atom is -0.337 e. The fourth-order valence-corrected chi connectivity index (χ4v) is 3.10. The van der Waals surface area contributed by atoms with Crippen LogP contribution in [0, 0.1) is 0 Å². The van der Waals surface area contributed by atoms with Gasteiger partial charge in [-0.05, 0) is 25.2 Å². The van der Waals surface area contributed by atoms with Crippen molar-refractivity contribution in [1.29, 1.82) is 0 Å². The van der Waals surface area contributed by atoms with Crippen molar-refractivity contribution in [2.75, 3.05) is 6.26 Å². The first-order valence-corrected chi connectivity index (χ1v) is 8.98. The quantitative estimate of drug-likeness (QED) is 0.535. The third kappa shape index (κ3) is 2.88. The third-order valence-electron chi connectivity index (χ3n) is 4.13. The largest absolute Gasteiger partial charge is 0.337 e. The van der Waals surface area contributed by atoms with Crippen LogP contribution < -0.4 is 0 Å². The van der Waals surface area contributed by atoms with Gasteiger partial charge in [0, 0.05) is 36.5 Å². The van der Waals surface area contributed by atoms with Crippen LogP contribution in [0.3, 0.4) is 0 Å². The fraction of sp³-hybridized carbons (Fsp3) is 0.278. The lowest BCUT2D eigenvalue weighted by Gasteiger charge is -2.03. The Hall–Kier alpha value is -2.14. The summed E-state index contributed by atoms with van der Waals surface area (Å²) in [6.45, 7) is 0. The smallest absolute Gasteiger partial charge is 0.160 e. The van der Waals surface area contributed by atoms with E-state index in [0.717, 1.165) is 27.7 Å². The molecule has 1 aliphatic carbocycles. The van der Waals surface area contributed by atoms with Crippen molar-refractivity contribution in [3.63, 3.8) is 0 Å². The van der Waals surface area contributed by atoms with Gasteiger partial charge >= 0.3 is 0 Å². The zero-order valence-electron chi connectivity index (χ0n) is 13.2. The number of nitrogens with zero attached hydrogens (tertiary/aromatic N) is 4. The molecule has 1 aliphatic rings. The Bertz CT molecular complexity index is 834. The summed E-state index contributed by atoms with van der Waals surface area (Å²) in [5.41, 5.74) is 3.21. The van der Waals surface area contributed by atoms with Gasteiger partial charge in [-0.2, -0.15) is 0 Å². The Balaban J connectivity index is 1.63. The van der Waals surface area contributed by atoms with E-state index in [2.05, 4.69) is 52.0 Å². The molecule has 2 heterocycles. The van der Waals surface area contributed by atoms with Crippen molar-refractivity contribution in [1.82, 2.24) is 19.5 Å². The van der Waals surface area contributed by atoms with Crippen molar-refractivity contribution < 1.29 is 0 Å². The Morgan fingerprint density at radius 2 is 1.78 bits per heavy atom. The van der Waals surface area contributed by atoms with Crippen LogP contribution >= 0.6 is 11.8 Å². The van der Waals surface area contributed by atoms with E-state index in [0.29, 0.717) is 5.92 Å². The van der Waals surface area contributed by atoms with E-state index in [1.54, 1.807) is 11.8 Å². The second-order valence-electron chi connectivity index (χ2n) is 5.87. The lowest BCUT2D eigenvalue weighted by Crippen LogP contribution is -1.93. The SMILES string of the molecule is CSc1ccnc(-c2ccc(-c3cn(C)c(C4CC4)n3)cc2)n1. The summed E-state index contributed by atoms with van der Waals surface area (Å²) >= 11 is 1.63. The first-order valence-electron chi connectivity index (χ1n) is 7.75. The number of thioether (sulfide) groups is 1. The molecule has 0 unspecified atom stereocenters. The summed E-state index contributed by atoms with van der Waals surface area (Å²) in [5.74, 6) is 2.64. The van der Waals surface area contributed by atoms with Crippen LogP contribution in [0.25, 0.3) is 22.6 Å². The minimum atomic E-state index is 0.663. The summed E-state index contributed by atoms with van der Waals surface area (Å²) in [6, 6.07) is 10.3. The molecule has 5 heteroatoms. The zero-order valence-corrected chi connectivity index (χ0v) is 14.0.